The molecule has 1 unspecified atom stereocenters. The summed E-state index contributed by atoms with van der Waals surface area (Å²) in [5.41, 5.74) is 2.75. The van der Waals surface area contributed by atoms with Crippen LogP contribution < -0.4 is 5.32 Å². The first-order valence-corrected chi connectivity index (χ1v) is 8.47. The van der Waals surface area contributed by atoms with E-state index in [1.807, 2.05) is 0 Å². The Morgan fingerprint density at radius 3 is 2.47 bits per heavy atom. The lowest BCUT2D eigenvalue weighted by atomic mass is 9.98. The van der Waals surface area contributed by atoms with Crippen LogP contribution in [-0.4, -0.2) is 6.54 Å². The van der Waals surface area contributed by atoms with E-state index in [0.29, 0.717) is 6.04 Å². The van der Waals surface area contributed by atoms with Crippen LogP contribution in [0.25, 0.3) is 0 Å². The molecule has 0 aliphatic rings. The van der Waals surface area contributed by atoms with Crippen LogP contribution in [0.15, 0.2) is 22.7 Å². The first kappa shape index (κ1) is 16.7. The minimum Gasteiger partial charge on any atom is -0.310 e. The Balaban J connectivity index is 2.53. The van der Waals surface area contributed by atoms with Gasteiger partial charge in [-0.15, -0.1) is 0 Å². The van der Waals surface area contributed by atoms with Gasteiger partial charge in [-0.3, -0.25) is 0 Å². The van der Waals surface area contributed by atoms with Gasteiger partial charge in [0.15, 0.2) is 0 Å². The minimum atomic E-state index is 0.512. The molecule has 0 heterocycles. The van der Waals surface area contributed by atoms with Gasteiger partial charge in [-0.1, -0.05) is 74.0 Å². The van der Waals surface area contributed by atoms with Crippen molar-refractivity contribution in [3.63, 3.8) is 0 Å². The molecule has 0 spiro atoms. The molecule has 0 aliphatic heterocycles. The van der Waals surface area contributed by atoms with Crippen molar-refractivity contribution in [1.29, 1.82) is 0 Å². The molecule has 1 N–H and O–H groups in total. The fourth-order valence-corrected chi connectivity index (χ4v) is 2.72. The molecule has 0 bridgehead atoms. The molecule has 1 rings (SSSR count). The van der Waals surface area contributed by atoms with E-state index in [1.165, 1.54) is 54.1 Å². The van der Waals surface area contributed by atoms with E-state index in [1.54, 1.807) is 0 Å². The predicted molar refractivity (Wildman–Crippen MR) is 88.7 cm³/mol. The summed E-state index contributed by atoms with van der Waals surface area (Å²) in [7, 11) is 0. The van der Waals surface area contributed by atoms with Gasteiger partial charge in [-0.05, 0) is 37.1 Å². The zero-order valence-corrected chi connectivity index (χ0v) is 14.2. The summed E-state index contributed by atoms with van der Waals surface area (Å²) >= 11 is 3.58. The molecule has 0 fully saturated rings. The number of nitrogens with one attached hydrogen (secondary N) is 1. The summed E-state index contributed by atoms with van der Waals surface area (Å²) in [6, 6.07) is 7.24. The third-order valence-corrected chi connectivity index (χ3v) is 4.52. The molecule has 1 aromatic rings. The third kappa shape index (κ3) is 6.09. The molecular formula is C17H28BrN. The topological polar surface area (TPSA) is 12.0 Å². The smallest absolute Gasteiger partial charge is 0.0320 e. The van der Waals surface area contributed by atoms with Crippen molar-refractivity contribution in [3.8, 4) is 0 Å². The monoisotopic (exact) mass is 325 g/mol. The summed E-state index contributed by atoms with van der Waals surface area (Å²) in [6.45, 7) is 7.66. The lowest BCUT2D eigenvalue weighted by molar-refractivity contribution is 0.478. The van der Waals surface area contributed by atoms with Gasteiger partial charge in [0.25, 0.3) is 0 Å². The Morgan fingerprint density at radius 1 is 1.11 bits per heavy atom. The maximum absolute atomic E-state index is 3.62. The number of hydrogen-bond acceptors (Lipinski definition) is 1. The molecule has 0 saturated carbocycles. The van der Waals surface area contributed by atoms with Gasteiger partial charge in [0.05, 0.1) is 0 Å². The molecule has 1 aromatic carbocycles. The summed E-state index contributed by atoms with van der Waals surface area (Å²) in [5.74, 6) is 0. The molecule has 1 atom stereocenters. The van der Waals surface area contributed by atoms with Crippen LogP contribution in [-0.2, 0) is 0 Å². The Hall–Kier alpha value is -0.340. The predicted octanol–water partition coefficient (Wildman–Crippen LogP) is 5.77. The maximum atomic E-state index is 3.62. The van der Waals surface area contributed by atoms with Crippen LogP contribution in [0.1, 0.15) is 69.5 Å². The lowest BCUT2D eigenvalue weighted by Crippen LogP contribution is -2.21. The van der Waals surface area contributed by atoms with Crippen molar-refractivity contribution in [1.82, 2.24) is 5.32 Å². The molecular weight excluding hydrogens is 298 g/mol. The SMILES string of the molecule is CCCCCCCC(NCC)c1ccc(Br)c(C)c1. The van der Waals surface area contributed by atoms with Crippen molar-refractivity contribution >= 4 is 15.9 Å². The van der Waals surface area contributed by atoms with E-state index < -0.39 is 0 Å². The first-order valence-electron chi connectivity index (χ1n) is 7.68. The highest BCUT2D eigenvalue weighted by molar-refractivity contribution is 9.10. The number of halogens is 1. The molecule has 19 heavy (non-hydrogen) atoms. The van der Waals surface area contributed by atoms with Crippen molar-refractivity contribution in [2.24, 2.45) is 0 Å². The van der Waals surface area contributed by atoms with Gasteiger partial charge in [-0.2, -0.15) is 0 Å². The maximum Gasteiger partial charge on any atom is 0.0320 e. The van der Waals surface area contributed by atoms with Gasteiger partial charge >= 0.3 is 0 Å². The second kappa shape index (κ2) is 9.55. The van der Waals surface area contributed by atoms with Gasteiger partial charge in [-0.25, -0.2) is 0 Å². The first-order chi connectivity index (χ1) is 9.19. The van der Waals surface area contributed by atoms with E-state index in [2.05, 4.69) is 60.2 Å². The molecule has 2 heteroatoms. The number of aryl methyl sites for hydroxylation is 1. The van der Waals surface area contributed by atoms with Crippen LogP contribution in [0.2, 0.25) is 0 Å². The van der Waals surface area contributed by atoms with Gasteiger partial charge < -0.3 is 5.32 Å². The summed E-state index contributed by atoms with van der Waals surface area (Å²) in [5, 5.41) is 3.62. The Morgan fingerprint density at radius 2 is 1.84 bits per heavy atom. The fourth-order valence-electron chi connectivity index (χ4n) is 2.47. The van der Waals surface area contributed by atoms with Crippen LogP contribution in [0, 0.1) is 6.92 Å². The quantitative estimate of drug-likeness (QED) is 0.568. The number of hydrogen-bond donors (Lipinski definition) is 1. The average molecular weight is 326 g/mol. The number of unbranched alkanes of at least 4 members (excludes halogenated alkanes) is 4. The average Bonchev–Trinajstić information content (AvgIpc) is 2.40. The van der Waals surface area contributed by atoms with Crippen LogP contribution in [0.5, 0.6) is 0 Å². The standard InChI is InChI=1S/C17H28BrN/c1-4-6-7-8-9-10-17(19-5-2)15-11-12-16(18)14(3)13-15/h11-13,17,19H,4-10H2,1-3H3. The van der Waals surface area contributed by atoms with E-state index in [9.17, 15) is 0 Å². The third-order valence-electron chi connectivity index (χ3n) is 3.63. The van der Waals surface area contributed by atoms with Gasteiger partial charge in [0.2, 0.25) is 0 Å². The highest BCUT2D eigenvalue weighted by Crippen LogP contribution is 2.25. The number of rotatable bonds is 9. The summed E-state index contributed by atoms with van der Waals surface area (Å²) in [6.07, 6.45) is 8.02. The highest BCUT2D eigenvalue weighted by Gasteiger charge is 2.10. The fraction of sp³-hybridized carbons (Fsp3) is 0.647. The van der Waals surface area contributed by atoms with E-state index in [4.69, 9.17) is 0 Å². The van der Waals surface area contributed by atoms with Crippen molar-refractivity contribution in [3.05, 3.63) is 33.8 Å². The zero-order valence-electron chi connectivity index (χ0n) is 12.6. The number of benzene rings is 1. The van der Waals surface area contributed by atoms with Gasteiger partial charge in [0, 0.05) is 10.5 Å². The Labute approximate surface area is 127 Å². The molecule has 108 valence electrons. The van der Waals surface area contributed by atoms with Crippen LogP contribution >= 0.6 is 15.9 Å². The van der Waals surface area contributed by atoms with Crippen LogP contribution in [0.4, 0.5) is 0 Å². The molecule has 0 amide bonds. The second-order valence-corrected chi connectivity index (χ2v) is 6.18. The van der Waals surface area contributed by atoms with Crippen LogP contribution in [0.3, 0.4) is 0 Å². The van der Waals surface area contributed by atoms with Crippen molar-refractivity contribution < 1.29 is 0 Å². The zero-order chi connectivity index (χ0) is 14.1. The van der Waals surface area contributed by atoms with E-state index in [0.717, 1.165) is 6.54 Å². The minimum absolute atomic E-state index is 0.512. The molecule has 0 aliphatic carbocycles. The summed E-state index contributed by atoms with van der Waals surface area (Å²) in [4.78, 5) is 0. The second-order valence-electron chi connectivity index (χ2n) is 5.32. The largest absolute Gasteiger partial charge is 0.310 e. The Kier molecular flexibility index (Phi) is 8.40. The molecule has 1 nitrogen and oxygen atoms in total. The molecule has 0 radical (unpaired) electrons. The lowest BCUT2D eigenvalue weighted by Gasteiger charge is -2.19. The van der Waals surface area contributed by atoms with Gasteiger partial charge in [0.1, 0.15) is 0 Å². The van der Waals surface area contributed by atoms with Crippen molar-refractivity contribution in [2.45, 2.75) is 65.3 Å². The summed E-state index contributed by atoms with van der Waals surface area (Å²) < 4.78 is 1.20. The molecule has 0 aromatic heterocycles. The Bertz CT molecular complexity index is 362. The molecule has 0 saturated heterocycles. The van der Waals surface area contributed by atoms with Crippen molar-refractivity contribution in [2.75, 3.05) is 6.54 Å². The van der Waals surface area contributed by atoms with E-state index >= 15 is 0 Å². The van der Waals surface area contributed by atoms with E-state index in [-0.39, 0.29) is 0 Å². The highest BCUT2D eigenvalue weighted by atomic mass is 79.9. The normalized spacial score (nSPS) is 12.6.